The van der Waals surface area contributed by atoms with E-state index in [0.717, 1.165) is 19.2 Å². The molecule has 0 radical (unpaired) electrons. The lowest BCUT2D eigenvalue weighted by Gasteiger charge is -2.33. The van der Waals surface area contributed by atoms with Crippen LogP contribution < -0.4 is 0 Å². The van der Waals surface area contributed by atoms with Gasteiger partial charge in [0.15, 0.2) is 0 Å². The molecule has 2 amide bonds. The Morgan fingerprint density at radius 2 is 1.63 bits per heavy atom. The zero-order valence-corrected chi connectivity index (χ0v) is 21.9. The van der Waals surface area contributed by atoms with Crippen LogP contribution in [0.15, 0.2) is 48.7 Å². The minimum absolute atomic E-state index is 0.0156. The lowest BCUT2D eigenvalue weighted by Crippen LogP contribution is -2.48. The number of piperazine rings is 1. The van der Waals surface area contributed by atoms with Crippen molar-refractivity contribution in [3.05, 3.63) is 70.4 Å². The Labute approximate surface area is 224 Å². The quantitative estimate of drug-likeness (QED) is 0.457. The van der Waals surface area contributed by atoms with E-state index in [1.165, 1.54) is 6.07 Å². The smallest absolute Gasteiger partial charge is 0.339 e. The van der Waals surface area contributed by atoms with Gasteiger partial charge in [-0.2, -0.15) is 13.2 Å². The number of likely N-dealkylation sites (N-methyl/N-ethyl adjacent to an activating group) is 1. The largest absolute Gasteiger partial charge is 0.416 e. The van der Waals surface area contributed by atoms with E-state index >= 15 is 0 Å². The number of rotatable bonds is 4. The van der Waals surface area contributed by atoms with Crippen molar-refractivity contribution in [3.63, 3.8) is 0 Å². The van der Waals surface area contributed by atoms with Gasteiger partial charge in [-0.1, -0.05) is 35.9 Å². The maximum atomic E-state index is 13.6. The fourth-order valence-corrected chi connectivity index (χ4v) is 5.71. The third-order valence-electron chi connectivity index (χ3n) is 7.72. The lowest BCUT2D eigenvalue weighted by atomic mass is 9.86. The van der Waals surface area contributed by atoms with Gasteiger partial charge in [0.25, 0.3) is 5.91 Å². The molecule has 202 valence electrons. The first-order valence-electron chi connectivity index (χ1n) is 12.8. The monoisotopic (exact) mass is 546 g/mol. The summed E-state index contributed by atoms with van der Waals surface area (Å²) in [5.74, 6) is -0.470. The van der Waals surface area contributed by atoms with Gasteiger partial charge in [-0.25, -0.2) is 0 Å². The van der Waals surface area contributed by atoms with Crippen molar-refractivity contribution in [2.45, 2.75) is 31.5 Å². The Balaban J connectivity index is 1.34. The van der Waals surface area contributed by atoms with E-state index in [1.807, 2.05) is 11.9 Å². The molecule has 1 aromatic heterocycles. The average molecular weight is 547 g/mol. The summed E-state index contributed by atoms with van der Waals surface area (Å²) in [6, 6.07) is 11.0. The van der Waals surface area contributed by atoms with Crippen molar-refractivity contribution in [1.29, 1.82) is 0 Å². The van der Waals surface area contributed by atoms with E-state index in [9.17, 15) is 22.8 Å². The first-order valence-corrected chi connectivity index (χ1v) is 13.2. The van der Waals surface area contributed by atoms with Crippen molar-refractivity contribution in [2.75, 3.05) is 46.3 Å². The molecule has 38 heavy (non-hydrogen) atoms. The highest BCUT2D eigenvalue weighted by molar-refractivity contribution is 6.31. The number of hydrogen-bond donors (Lipinski definition) is 0. The van der Waals surface area contributed by atoms with Crippen LogP contribution in [0, 0.1) is 0 Å². The standard InChI is InChI=1S/C28H30ClF3N4O2/c1-33-12-14-34(15-13-33)26(37)18-36-17-23(22-7-6-20(29)16-25(22)36)27(38)35-10-8-19(9-11-35)21-4-2-3-5-24(21)28(30,31)32/h2-7,16-17,19H,8-15,18H2,1H3. The molecule has 2 saturated heterocycles. The predicted molar refractivity (Wildman–Crippen MR) is 140 cm³/mol. The van der Waals surface area contributed by atoms with Crippen LogP contribution in [0.25, 0.3) is 10.9 Å². The third-order valence-corrected chi connectivity index (χ3v) is 7.96. The van der Waals surface area contributed by atoms with Crippen molar-refractivity contribution < 1.29 is 22.8 Å². The fourth-order valence-electron chi connectivity index (χ4n) is 5.54. The Hall–Kier alpha value is -3.04. The summed E-state index contributed by atoms with van der Waals surface area (Å²) < 4.78 is 42.4. The molecular weight excluding hydrogens is 517 g/mol. The maximum absolute atomic E-state index is 13.6. The summed E-state index contributed by atoms with van der Waals surface area (Å²) >= 11 is 6.26. The molecule has 5 rings (SSSR count). The molecule has 0 aliphatic carbocycles. The third kappa shape index (κ3) is 5.40. The highest BCUT2D eigenvalue weighted by atomic mass is 35.5. The summed E-state index contributed by atoms with van der Waals surface area (Å²) in [4.78, 5) is 32.3. The molecule has 0 spiro atoms. The summed E-state index contributed by atoms with van der Waals surface area (Å²) in [5.41, 5.74) is 0.866. The van der Waals surface area contributed by atoms with Crippen LogP contribution in [-0.4, -0.2) is 77.4 Å². The number of piperidine rings is 1. The summed E-state index contributed by atoms with van der Waals surface area (Å²) in [6.45, 7) is 3.77. The molecule has 2 aliphatic heterocycles. The second kappa shape index (κ2) is 10.6. The molecule has 0 saturated carbocycles. The van der Waals surface area contributed by atoms with E-state index in [4.69, 9.17) is 11.6 Å². The predicted octanol–water partition coefficient (Wildman–Crippen LogP) is 5.11. The van der Waals surface area contributed by atoms with Crippen molar-refractivity contribution in [2.24, 2.45) is 0 Å². The van der Waals surface area contributed by atoms with Crippen LogP contribution in [-0.2, 0) is 17.5 Å². The molecule has 0 N–H and O–H groups in total. The van der Waals surface area contributed by atoms with E-state index in [1.54, 1.807) is 46.0 Å². The van der Waals surface area contributed by atoms with Gasteiger partial charge in [-0.15, -0.1) is 0 Å². The van der Waals surface area contributed by atoms with E-state index < -0.39 is 11.7 Å². The molecule has 2 fully saturated rings. The number of likely N-dealkylation sites (tertiary alicyclic amines) is 1. The molecule has 10 heteroatoms. The Kier molecular flexibility index (Phi) is 7.42. The highest BCUT2D eigenvalue weighted by Gasteiger charge is 2.36. The second-order valence-electron chi connectivity index (χ2n) is 10.2. The average Bonchev–Trinajstić information content (AvgIpc) is 3.25. The Bertz CT molecular complexity index is 1340. The first kappa shape index (κ1) is 26.6. The van der Waals surface area contributed by atoms with Gasteiger partial charge in [0.2, 0.25) is 5.91 Å². The normalized spacial score (nSPS) is 17.8. The van der Waals surface area contributed by atoms with Gasteiger partial charge >= 0.3 is 6.18 Å². The number of benzene rings is 2. The minimum atomic E-state index is -4.41. The number of carbonyl (C=O) groups is 2. The number of alkyl halides is 3. The van der Waals surface area contributed by atoms with Crippen molar-refractivity contribution >= 4 is 34.3 Å². The van der Waals surface area contributed by atoms with Crippen LogP contribution in [0.1, 0.15) is 40.2 Å². The lowest BCUT2D eigenvalue weighted by molar-refractivity contribution is -0.138. The van der Waals surface area contributed by atoms with Crippen molar-refractivity contribution in [3.8, 4) is 0 Å². The van der Waals surface area contributed by atoms with Crippen LogP contribution in [0.3, 0.4) is 0 Å². The fraction of sp³-hybridized carbons (Fsp3) is 0.429. The molecule has 2 aliphatic rings. The van der Waals surface area contributed by atoms with Crippen LogP contribution >= 0.6 is 11.6 Å². The van der Waals surface area contributed by atoms with Crippen molar-refractivity contribution in [1.82, 2.24) is 19.3 Å². The summed E-state index contributed by atoms with van der Waals surface area (Å²) in [5, 5.41) is 1.21. The Morgan fingerprint density at radius 1 is 0.947 bits per heavy atom. The number of nitrogens with zero attached hydrogens (tertiary/aromatic N) is 4. The van der Waals surface area contributed by atoms with E-state index in [-0.39, 0.29) is 24.3 Å². The van der Waals surface area contributed by atoms with E-state index in [0.29, 0.717) is 66.1 Å². The molecule has 3 heterocycles. The first-order chi connectivity index (χ1) is 18.1. The molecule has 6 nitrogen and oxygen atoms in total. The molecule has 3 aromatic rings. The Morgan fingerprint density at radius 3 is 2.32 bits per heavy atom. The zero-order valence-electron chi connectivity index (χ0n) is 21.2. The van der Waals surface area contributed by atoms with Gasteiger partial charge in [0.1, 0.15) is 6.54 Å². The number of carbonyl (C=O) groups excluding carboxylic acids is 2. The minimum Gasteiger partial charge on any atom is -0.339 e. The zero-order chi connectivity index (χ0) is 27.0. The van der Waals surface area contributed by atoms with Gasteiger partial charge < -0.3 is 19.3 Å². The highest BCUT2D eigenvalue weighted by Crippen LogP contribution is 2.39. The second-order valence-corrected chi connectivity index (χ2v) is 10.6. The number of amides is 2. The number of hydrogen-bond acceptors (Lipinski definition) is 3. The van der Waals surface area contributed by atoms with Crippen LogP contribution in [0.4, 0.5) is 13.2 Å². The number of aromatic nitrogens is 1. The van der Waals surface area contributed by atoms with Gasteiger partial charge in [-0.05, 0) is 49.6 Å². The summed E-state index contributed by atoms with van der Waals surface area (Å²) in [7, 11) is 2.03. The molecule has 0 bridgehead atoms. The molecule has 2 aromatic carbocycles. The van der Waals surface area contributed by atoms with Gasteiger partial charge in [0.05, 0.1) is 16.6 Å². The molecule has 0 unspecified atom stereocenters. The molecular formula is C28H30ClF3N4O2. The number of fused-ring (bicyclic) bond motifs is 1. The van der Waals surface area contributed by atoms with Crippen LogP contribution in [0.2, 0.25) is 5.02 Å². The van der Waals surface area contributed by atoms with Gasteiger partial charge in [0, 0.05) is 55.9 Å². The molecule has 0 atom stereocenters. The summed E-state index contributed by atoms with van der Waals surface area (Å²) in [6.07, 6.45) is -1.80. The van der Waals surface area contributed by atoms with Crippen LogP contribution in [0.5, 0.6) is 0 Å². The maximum Gasteiger partial charge on any atom is 0.416 e. The topological polar surface area (TPSA) is 48.8 Å². The van der Waals surface area contributed by atoms with E-state index in [2.05, 4.69) is 4.90 Å². The SMILES string of the molecule is CN1CCN(C(=O)Cn2cc(C(=O)N3CCC(c4ccccc4C(F)(F)F)CC3)c3ccc(Cl)cc32)CC1. The van der Waals surface area contributed by atoms with Gasteiger partial charge in [-0.3, -0.25) is 9.59 Å². The number of halogens is 4.